The largest absolute Gasteiger partial charge is 0.372 e. The fraction of sp³-hybridized carbons (Fsp3) is 0.526. The Labute approximate surface area is 171 Å². The predicted molar refractivity (Wildman–Crippen MR) is 110 cm³/mol. The van der Waals surface area contributed by atoms with Crippen LogP contribution in [0.15, 0.2) is 30.7 Å². The van der Waals surface area contributed by atoms with E-state index >= 15 is 0 Å². The third-order valence-electron chi connectivity index (χ3n) is 5.34. The average molecular weight is 419 g/mol. The Morgan fingerprint density at radius 2 is 1.86 bits per heavy atom. The minimum Gasteiger partial charge on any atom is -0.372 e. The highest BCUT2D eigenvalue weighted by Crippen LogP contribution is 2.35. The van der Waals surface area contributed by atoms with Crippen LogP contribution in [-0.2, 0) is 14.9 Å². The van der Waals surface area contributed by atoms with E-state index in [1.54, 1.807) is 26.5 Å². The Morgan fingerprint density at radius 3 is 2.48 bits per heavy atom. The molecule has 4 rings (SSSR count). The van der Waals surface area contributed by atoms with Crippen LogP contribution in [-0.4, -0.2) is 78.9 Å². The van der Waals surface area contributed by atoms with Crippen LogP contribution in [0.25, 0.3) is 11.1 Å². The van der Waals surface area contributed by atoms with Gasteiger partial charge < -0.3 is 9.64 Å². The Morgan fingerprint density at radius 1 is 1.14 bits per heavy atom. The molecule has 9 nitrogen and oxygen atoms in total. The lowest BCUT2D eigenvalue weighted by Gasteiger charge is -2.35. The molecule has 2 saturated heterocycles. The molecule has 0 spiro atoms. The molecule has 0 aliphatic carbocycles. The molecule has 10 heteroatoms. The van der Waals surface area contributed by atoms with Gasteiger partial charge in [-0.05, 0) is 30.5 Å². The monoisotopic (exact) mass is 418 g/mol. The molecule has 0 saturated carbocycles. The van der Waals surface area contributed by atoms with Crippen molar-refractivity contribution < 1.29 is 13.2 Å². The van der Waals surface area contributed by atoms with E-state index < -0.39 is 10.2 Å². The number of pyridine rings is 1. The van der Waals surface area contributed by atoms with Crippen molar-refractivity contribution in [3.8, 4) is 11.1 Å². The molecule has 0 unspecified atom stereocenters. The van der Waals surface area contributed by atoms with Gasteiger partial charge in [0.05, 0.1) is 5.69 Å². The number of hydrogen-bond acceptors (Lipinski definition) is 7. The van der Waals surface area contributed by atoms with Crippen LogP contribution < -0.4 is 4.90 Å². The first-order valence-electron chi connectivity index (χ1n) is 9.78. The first kappa shape index (κ1) is 20.1. The second kappa shape index (κ2) is 8.31. The SMILES string of the molecule is CN(C)S(=O)(=O)N1CCN(c2ncc(-c3ccncc3)c([C@H]3CCCO3)n2)CC1. The molecule has 2 aliphatic rings. The quantitative estimate of drug-likeness (QED) is 0.723. The van der Waals surface area contributed by atoms with Crippen LogP contribution in [0.2, 0.25) is 0 Å². The number of aromatic nitrogens is 3. The molecule has 156 valence electrons. The van der Waals surface area contributed by atoms with Gasteiger partial charge in [-0.15, -0.1) is 0 Å². The second-order valence-corrected chi connectivity index (χ2v) is 9.53. The summed E-state index contributed by atoms with van der Waals surface area (Å²) in [5, 5.41) is 0. The number of hydrogen-bond donors (Lipinski definition) is 0. The Hall–Kier alpha value is -2.14. The summed E-state index contributed by atoms with van der Waals surface area (Å²) in [5.41, 5.74) is 2.86. The van der Waals surface area contributed by atoms with Crippen LogP contribution in [0.3, 0.4) is 0 Å². The maximum Gasteiger partial charge on any atom is 0.281 e. The van der Waals surface area contributed by atoms with Crippen LogP contribution in [0.5, 0.6) is 0 Å². The van der Waals surface area contributed by atoms with E-state index in [1.807, 2.05) is 23.2 Å². The number of nitrogens with zero attached hydrogens (tertiary/aromatic N) is 6. The normalized spacial score (nSPS) is 21.1. The molecule has 2 aromatic heterocycles. The smallest absolute Gasteiger partial charge is 0.281 e. The van der Waals surface area contributed by atoms with Crippen LogP contribution in [0.4, 0.5) is 5.95 Å². The highest BCUT2D eigenvalue weighted by molar-refractivity contribution is 7.86. The first-order valence-corrected chi connectivity index (χ1v) is 11.2. The maximum absolute atomic E-state index is 12.3. The summed E-state index contributed by atoms with van der Waals surface area (Å²) in [6.07, 6.45) is 7.26. The van der Waals surface area contributed by atoms with Crippen LogP contribution >= 0.6 is 0 Å². The molecule has 0 bridgehead atoms. The number of piperazine rings is 1. The summed E-state index contributed by atoms with van der Waals surface area (Å²) in [6, 6.07) is 3.89. The van der Waals surface area contributed by atoms with E-state index in [-0.39, 0.29) is 6.10 Å². The predicted octanol–water partition coefficient (Wildman–Crippen LogP) is 1.32. The topological polar surface area (TPSA) is 91.8 Å². The molecular formula is C19H26N6O3S. The van der Waals surface area contributed by atoms with Crippen molar-refractivity contribution in [1.29, 1.82) is 0 Å². The van der Waals surface area contributed by atoms with Crippen molar-refractivity contribution in [3.63, 3.8) is 0 Å². The van der Waals surface area contributed by atoms with Gasteiger partial charge in [-0.25, -0.2) is 9.97 Å². The standard InChI is InChI=1S/C19H26N6O3S/c1-23(2)29(26,27)25-11-9-24(10-12-25)19-21-14-16(15-5-7-20-8-6-15)18(22-19)17-4-3-13-28-17/h5-8,14,17H,3-4,9-13H2,1-2H3/t17-/m1/s1. The van der Waals surface area contributed by atoms with Gasteiger partial charge >= 0.3 is 0 Å². The zero-order valence-corrected chi connectivity index (χ0v) is 17.5. The molecule has 0 N–H and O–H groups in total. The summed E-state index contributed by atoms with van der Waals surface area (Å²) in [6.45, 7) is 2.65. The summed E-state index contributed by atoms with van der Waals surface area (Å²) >= 11 is 0. The third kappa shape index (κ3) is 4.11. The van der Waals surface area contributed by atoms with E-state index in [1.165, 1.54) is 8.61 Å². The zero-order valence-electron chi connectivity index (χ0n) is 16.7. The van der Waals surface area contributed by atoms with E-state index in [0.717, 1.165) is 36.3 Å². The highest BCUT2D eigenvalue weighted by Gasteiger charge is 2.30. The average Bonchev–Trinajstić information content (AvgIpc) is 3.29. The van der Waals surface area contributed by atoms with Gasteiger partial charge in [0.15, 0.2) is 0 Å². The van der Waals surface area contributed by atoms with Crippen molar-refractivity contribution in [2.45, 2.75) is 18.9 Å². The molecule has 2 fully saturated rings. The second-order valence-electron chi connectivity index (χ2n) is 7.38. The van der Waals surface area contributed by atoms with Gasteiger partial charge in [-0.3, -0.25) is 4.98 Å². The molecule has 1 atom stereocenters. The lowest BCUT2D eigenvalue weighted by molar-refractivity contribution is 0.109. The molecule has 2 aliphatic heterocycles. The summed E-state index contributed by atoms with van der Waals surface area (Å²) in [7, 11) is -0.292. The summed E-state index contributed by atoms with van der Waals surface area (Å²) in [5.74, 6) is 0.621. The minimum absolute atomic E-state index is 0.0460. The van der Waals surface area contributed by atoms with Crippen LogP contribution in [0, 0.1) is 0 Å². The van der Waals surface area contributed by atoms with Gasteiger partial charge in [-0.2, -0.15) is 17.0 Å². The Bertz CT molecular complexity index is 940. The number of ether oxygens (including phenoxy) is 1. The fourth-order valence-electron chi connectivity index (χ4n) is 3.68. The Balaban J connectivity index is 1.58. The third-order valence-corrected chi connectivity index (χ3v) is 7.28. The molecule has 0 radical (unpaired) electrons. The lowest BCUT2D eigenvalue weighted by Crippen LogP contribution is -2.52. The van der Waals surface area contributed by atoms with Crippen molar-refractivity contribution in [2.75, 3.05) is 51.8 Å². The van der Waals surface area contributed by atoms with E-state index in [4.69, 9.17) is 9.72 Å². The molecule has 0 amide bonds. The van der Waals surface area contributed by atoms with E-state index in [2.05, 4.69) is 9.97 Å². The minimum atomic E-state index is -3.40. The molecule has 0 aromatic carbocycles. The molecule has 2 aromatic rings. The summed E-state index contributed by atoms with van der Waals surface area (Å²) < 4.78 is 33.3. The fourth-order valence-corrected chi connectivity index (χ4v) is 4.77. The molecule has 4 heterocycles. The van der Waals surface area contributed by atoms with Gasteiger partial charge in [0, 0.05) is 71.0 Å². The van der Waals surface area contributed by atoms with Gasteiger partial charge in [0.2, 0.25) is 5.95 Å². The number of rotatable bonds is 5. The zero-order chi connectivity index (χ0) is 20.4. The van der Waals surface area contributed by atoms with Crippen molar-refractivity contribution in [2.24, 2.45) is 0 Å². The summed E-state index contributed by atoms with van der Waals surface area (Å²) in [4.78, 5) is 15.6. The van der Waals surface area contributed by atoms with Gasteiger partial charge in [0.25, 0.3) is 10.2 Å². The highest BCUT2D eigenvalue weighted by atomic mass is 32.2. The Kier molecular flexibility index (Phi) is 5.77. The van der Waals surface area contributed by atoms with Crippen molar-refractivity contribution in [1.82, 2.24) is 23.6 Å². The first-order chi connectivity index (χ1) is 14.0. The molecular weight excluding hydrogens is 392 g/mol. The lowest BCUT2D eigenvalue weighted by atomic mass is 10.0. The van der Waals surface area contributed by atoms with Gasteiger partial charge in [0.1, 0.15) is 6.10 Å². The van der Waals surface area contributed by atoms with Crippen molar-refractivity contribution >= 4 is 16.2 Å². The van der Waals surface area contributed by atoms with E-state index in [0.29, 0.717) is 32.1 Å². The van der Waals surface area contributed by atoms with E-state index in [9.17, 15) is 8.42 Å². The maximum atomic E-state index is 12.3. The number of anilines is 1. The van der Waals surface area contributed by atoms with Crippen molar-refractivity contribution in [3.05, 3.63) is 36.4 Å². The van der Waals surface area contributed by atoms with Crippen LogP contribution in [0.1, 0.15) is 24.6 Å². The van der Waals surface area contributed by atoms with Gasteiger partial charge in [-0.1, -0.05) is 0 Å². The molecule has 29 heavy (non-hydrogen) atoms.